The fourth-order valence-corrected chi connectivity index (χ4v) is 3.85. The molecule has 1 aromatic rings. The number of aromatic nitrogens is 1. The van der Waals surface area contributed by atoms with Crippen molar-refractivity contribution in [2.75, 3.05) is 6.54 Å². The van der Waals surface area contributed by atoms with Crippen molar-refractivity contribution in [2.24, 2.45) is 5.41 Å². The van der Waals surface area contributed by atoms with Crippen molar-refractivity contribution >= 4 is 37.6 Å². The smallest absolute Gasteiger partial charge is 0.242 e. The zero-order valence-corrected chi connectivity index (χ0v) is 13.1. The molecule has 1 aliphatic carbocycles. The number of hydrogen-bond acceptors (Lipinski definition) is 3. The van der Waals surface area contributed by atoms with E-state index in [1.165, 1.54) is 12.3 Å². The third-order valence-electron chi connectivity index (χ3n) is 3.41. The first kappa shape index (κ1) is 14.2. The molecule has 0 saturated heterocycles. The number of nitrogens with one attached hydrogen (secondary N) is 1. The van der Waals surface area contributed by atoms with Gasteiger partial charge >= 0.3 is 0 Å². The molecule has 0 bridgehead atoms. The summed E-state index contributed by atoms with van der Waals surface area (Å²) in [5.74, 6) is 0. The van der Waals surface area contributed by atoms with Crippen molar-refractivity contribution in [3.63, 3.8) is 0 Å². The van der Waals surface area contributed by atoms with Crippen LogP contribution in [-0.2, 0) is 10.0 Å². The van der Waals surface area contributed by atoms with Gasteiger partial charge in [-0.25, -0.2) is 18.1 Å². The Morgan fingerprint density at radius 2 is 2.22 bits per heavy atom. The fraction of sp³-hybridized carbons (Fsp3) is 0.545. The minimum Gasteiger partial charge on any atom is -0.242 e. The SMILES string of the molecule is CCC1(CNS(=O)(=O)c2cc(Br)cnc2Cl)CC1. The molecule has 0 aliphatic heterocycles. The lowest BCUT2D eigenvalue weighted by Crippen LogP contribution is -2.30. The van der Waals surface area contributed by atoms with Crippen molar-refractivity contribution < 1.29 is 8.42 Å². The predicted octanol–water partition coefficient (Wildman–Crippen LogP) is 2.97. The maximum absolute atomic E-state index is 12.1. The Morgan fingerprint density at radius 3 is 2.78 bits per heavy atom. The van der Waals surface area contributed by atoms with Gasteiger partial charge in [-0.1, -0.05) is 18.5 Å². The van der Waals surface area contributed by atoms with E-state index in [9.17, 15) is 8.42 Å². The van der Waals surface area contributed by atoms with Crippen LogP contribution in [0.15, 0.2) is 21.6 Å². The summed E-state index contributed by atoms with van der Waals surface area (Å²) in [5.41, 5.74) is 0.152. The van der Waals surface area contributed by atoms with E-state index in [1.54, 1.807) is 0 Å². The quantitative estimate of drug-likeness (QED) is 0.828. The first-order valence-electron chi connectivity index (χ1n) is 5.69. The van der Waals surface area contributed by atoms with E-state index in [4.69, 9.17) is 11.6 Å². The van der Waals surface area contributed by atoms with E-state index in [0.29, 0.717) is 11.0 Å². The Bertz CT molecular complexity index is 558. The van der Waals surface area contributed by atoms with Crippen LogP contribution in [0.1, 0.15) is 26.2 Å². The summed E-state index contributed by atoms with van der Waals surface area (Å²) in [4.78, 5) is 3.84. The van der Waals surface area contributed by atoms with Crippen molar-refractivity contribution in [3.05, 3.63) is 21.9 Å². The highest BCUT2D eigenvalue weighted by molar-refractivity contribution is 9.10. The van der Waals surface area contributed by atoms with E-state index in [2.05, 4.69) is 32.6 Å². The average molecular weight is 354 g/mol. The van der Waals surface area contributed by atoms with Gasteiger partial charge < -0.3 is 0 Å². The van der Waals surface area contributed by atoms with E-state index in [0.717, 1.165) is 19.3 Å². The largest absolute Gasteiger partial charge is 0.243 e. The van der Waals surface area contributed by atoms with Crippen LogP contribution in [0.25, 0.3) is 0 Å². The number of pyridine rings is 1. The molecule has 2 rings (SSSR count). The summed E-state index contributed by atoms with van der Waals surface area (Å²) in [5, 5.41) is -0.00737. The summed E-state index contributed by atoms with van der Waals surface area (Å²) < 4.78 is 27.5. The molecular weight excluding hydrogens is 340 g/mol. The molecule has 0 amide bonds. The van der Waals surface area contributed by atoms with Crippen LogP contribution >= 0.6 is 27.5 Å². The molecule has 18 heavy (non-hydrogen) atoms. The third-order valence-corrected chi connectivity index (χ3v) is 5.67. The molecule has 1 aromatic heterocycles. The molecule has 0 radical (unpaired) electrons. The average Bonchev–Trinajstić information content (AvgIpc) is 3.11. The summed E-state index contributed by atoms with van der Waals surface area (Å²) in [6.07, 6.45) is 4.61. The van der Waals surface area contributed by atoms with Crippen molar-refractivity contribution in [2.45, 2.75) is 31.1 Å². The monoisotopic (exact) mass is 352 g/mol. The van der Waals surface area contributed by atoms with E-state index >= 15 is 0 Å². The molecule has 0 aromatic carbocycles. The van der Waals surface area contributed by atoms with Gasteiger partial charge in [0.25, 0.3) is 0 Å². The molecule has 0 atom stereocenters. The highest BCUT2D eigenvalue weighted by Crippen LogP contribution is 2.48. The summed E-state index contributed by atoms with van der Waals surface area (Å²) >= 11 is 9.02. The van der Waals surface area contributed by atoms with Gasteiger partial charge in [-0.3, -0.25) is 0 Å². The first-order chi connectivity index (χ1) is 8.38. The standard InChI is InChI=1S/C11H14BrClN2O2S/c1-2-11(3-4-11)7-15-18(16,17)9-5-8(12)6-14-10(9)13/h5-6,15H,2-4,7H2,1H3. The van der Waals surface area contributed by atoms with Crippen LogP contribution in [-0.4, -0.2) is 19.9 Å². The summed E-state index contributed by atoms with van der Waals surface area (Å²) in [7, 11) is -3.59. The van der Waals surface area contributed by atoms with Crippen LogP contribution in [0.2, 0.25) is 5.15 Å². The lowest BCUT2D eigenvalue weighted by molar-refractivity contribution is 0.475. The van der Waals surface area contributed by atoms with E-state index < -0.39 is 10.0 Å². The maximum atomic E-state index is 12.1. The molecule has 0 spiro atoms. The molecule has 1 fully saturated rings. The van der Waals surface area contributed by atoms with Gasteiger partial charge in [-0.2, -0.15) is 0 Å². The van der Waals surface area contributed by atoms with E-state index in [-0.39, 0.29) is 15.5 Å². The fourth-order valence-electron chi connectivity index (χ4n) is 1.75. The van der Waals surface area contributed by atoms with Gasteiger partial charge in [0, 0.05) is 17.2 Å². The molecule has 100 valence electrons. The van der Waals surface area contributed by atoms with Gasteiger partial charge in [0.1, 0.15) is 10.0 Å². The number of hydrogen-bond donors (Lipinski definition) is 1. The van der Waals surface area contributed by atoms with Crippen molar-refractivity contribution in [1.82, 2.24) is 9.71 Å². The Balaban J connectivity index is 2.18. The number of rotatable bonds is 5. The normalized spacial score (nSPS) is 17.7. The predicted molar refractivity (Wildman–Crippen MR) is 74.1 cm³/mol. The Hall–Kier alpha value is -0.170. The van der Waals surface area contributed by atoms with Gasteiger partial charge in [-0.15, -0.1) is 0 Å². The highest BCUT2D eigenvalue weighted by Gasteiger charge is 2.41. The minimum atomic E-state index is -3.59. The van der Waals surface area contributed by atoms with Gasteiger partial charge in [0.15, 0.2) is 0 Å². The van der Waals surface area contributed by atoms with Crippen LogP contribution < -0.4 is 4.72 Å². The second kappa shape index (κ2) is 5.07. The van der Waals surface area contributed by atoms with Crippen LogP contribution in [0.4, 0.5) is 0 Å². The molecule has 1 saturated carbocycles. The van der Waals surface area contributed by atoms with Crippen LogP contribution in [0.3, 0.4) is 0 Å². The molecule has 1 aliphatic rings. The zero-order valence-electron chi connectivity index (χ0n) is 9.91. The van der Waals surface area contributed by atoms with Gasteiger partial charge in [0.2, 0.25) is 10.0 Å². The molecule has 1 N–H and O–H groups in total. The van der Waals surface area contributed by atoms with Gasteiger partial charge in [-0.05, 0) is 46.7 Å². The first-order valence-corrected chi connectivity index (χ1v) is 8.35. The number of nitrogens with zero attached hydrogens (tertiary/aromatic N) is 1. The molecule has 4 nitrogen and oxygen atoms in total. The summed E-state index contributed by atoms with van der Waals surface area (Å²) in [6, 6.07) is 1.46. The van der Waals surface area contributed by atoms with Crippen LogP contribution in [0, 0.1) is 5.41 Å². The molecule has 0 unspecified atom stereocenters. The van der Waals surface area contributed by atoms with Crippen molar-refractivity contribution in [3.8, 4) is 0 Å². The lowest BCUT2D eigenvalue weighted by Gasteiger charge is -2.14. The minimum absolute atomic E-state index is 0.00737. The second-order valence-corrected chi connectivity index (χ2v) is 7.63. The Morgan fingerprint density at radius 1 is 1.56 bits per heavy atom. The van der Waals surface area contributed by atoms with Crippen molar-refractivity contribution in [1.29, 1.82) is 0 Å². The zero-order chi connectivity index (χ0) is 13.4. The Kier molecular flexibility index (Phi) is 4.02. The lowest BCUT2D eigenvalue weighted by atomic mass is 10.1. The number of sulfonamides is 1. The summed E-state index contributed by atoms with van der Waals surface area (Å²) in [6.45, 7) is 2.55. The molecule has 1 heterocycles. The Labute approximate surface area is 120 Å². The van der Waals surface area contributed by atoms with Crippen LogP contribution in [0.5, 0.6) is 0 Å². The molecular formula is C11H14BrClN2O2S. The van der Waals surface area contributed by atoms with E-state index in [1.807, 2.05) is 0 Å². The highest BCUT2D eigenvalue weighted by atomic mass is 79.9. The third kappa shape index (κ3) is 3.04. The second-order valence-electron chi connectivity index (χ2n) is 4.62. The van der Waals surface area contributed by atoms with Gasteiger partial charge in [0.05, 0.1) is 0 Å². The maximum Gasteiger partial charge on any atom is 0.243 e. The topological polar surface area (TPSA) is 59.1 Å². The number of halogens is 2. The molecule has 7 heteroatoms.